The maximum Gasteiger partial charge on any atom is 0.123 e. The van der Waals surface area contributed by atoms with E-state index in [1.165, 1.54) is 12.1 Å². The van der Waals surface area contributed by atoms with Crippen LogP contribution in [0.4, 0.5) is 4.39 Å². The maximum absolute atomic E-state index is 13.2. The molecule has 1 aliphatic carbocycles. The van der Waals surface area contributed by atoms with Crippen LogP contribution in [-0.2, 0) is 0 Å². The Bertz CT molecular complexity index is 444. The molecule has 1 fully saturated rings. The van der Waals surface area contributed by atoms with Gasteiger partial charge in [0.2, 0.25) is 0 Å². The Hall–Kier alpha value is -1.40. The van der Waals surface area contributed by atoms with Gasteiger partial charge in [0, 0.05) is 0 Å². The highest BCUT2D eigenvalue weighted by molar-refractivity contribution is 5.24. The molecule has 1 aromatic rings. The second-order valence-electron chi connectivity index (χ2n) is 5.14. The van der Waals surface area contributed by atoms with Gasteiger partial charge in [-0.3, -0.25) is 0 Å². The summed E-state index contributed by atoms with van der Waals surface area (Å²) < 4.78 is 13.2. The molecule has 0 aliphatic heterocycles. The number of rotatable bonds is 2. The molecule has 1 N–H and O–H groups in total. The van der Waals surface area contributed by atoms with Gasteiger partial charge in [-0.1, -0.05) is 37.8 Å². The van der Waals surface area contributed by atoms with Gasteiger partial charge in [-0.2, -0.15) is 5.26 Å². The Morgan fingerprint density at radius 1 is 1.22 bits per heavy atom. The van der Waals surface area contributed by atoms with Gasteiger partial charge >= 0.3 is 0 Å². The van der Waals surface area contributed by atoms with E-state index in [0.717, 1.165) is 25.7 Å². The van der Waals surface area contributed by atoms with Gasteiger partial charge in [-0.25, -0.2) is 4.39 Å². The van der Waals surface area contributed by atoms with Crippen molar-refractivity contribution in [1.82, 2.24) is 0 Å². The minimum absolute atomic E-state index is 0.367. The fourth-order valence-electron chi connectivity index (χ4n) is 2.80. The van der Waals surface area contributed by atoms with E-state index in [9.17, 15) is 14.8 Å². The molecule has 0 amide bonds. The topological polar surface area (TPSA) is 44.0 Å². The highest BCUT2D eigenvalue weighted by atomic mass is 19.1. The van der Waals surface area contributed by atoms with Crippen LogP contribution in [0, 0.1) is 22.6 Å². The number of nitriles is 1. The molecule has 1 aromatic carbocycles. The third-order valence-electron chi connectivity index (χ3n) is 3.91. The van der Waals surface area contributed by atoms with Crippen LogP contribution in [0.1, 0.15) is 50.2 Å². The first-order chi connectivity index (χ1) is 8.68. The van der Waals surface area contributed by atoms with Gasteiger partial charge in [0.1, 0.15) is 5.82 Å². The zero-order chi connectivity index (χ0) is 13.0. The Balaban J connectivity index is 2.29. The SMILES string of the molecule is N#CC1(C(O)c2cccc(F)c2)CCCCCC1. The monoisotopic (exact) mass is 247 g/mol. The Morgan fingerprint density at radius 2 is 1.89 bits per heavy atom. The number of aliphatic hydroxyl groups is 1. The summed E-state index contributed by atoms with van der Waals surface area (Å²) in [5.74, 6) is -0.367. The van der Waals surface area contributed by atoms with Gasteiger partial charge in [-0.15, -0.1) is 0 Å². The van der Waals surface area contributed by atoms with Crippen molar-refractivity contribution in [3.63, 3.8) is 0 Å². The zero-order valence-electron chi connectivity index (χ0n) is 10.4. The highest BCUT2D eigenvalue weighted by Gasteiger charge is 2.39. The second-order valence-corrected chi connectivity index (χ2v) is 5.14. The normalized spacial score (nSPS) is 20.7. The van der Waals surface area contributed by atoms with Crippen molar-refractivity contribution < 1.29 is 9.50 Å². The van der Waals surface area contributed by atoms with Crippen molar-refractivity contribution in [2.45, 2.75) is 44.6 Å². The Morgan fingerprint density at radius 3 is 2.44 bits per heavy atom. The van der Waals surface area contributed by atoms with Crippen LogP contribution in [0.15, 0.2) is 24.3 Å². The van der Waals surface area contributed by atoms with E-state index in [1.54, 1.807) is 12.1 Å². The molecule has 96 valence electrons. The molecule has 3 heteroatoms. The first kappa shape index (κ1) is 13.0. The van der Waals surface area contributed by atoms with E-state index in [1.807, 2.05) is 0 Å². The van der Waals surface area contributed by atoms with Crippen molar-refractivity contribution in [3.05, 3.63) is 35.6 Å². The number of nitrogens with zero attached hydrogens (tertiary/aromatic N) is 1. The first-order valence-corrected chi connectivity index (χ1v) is 6.53. The molecule has 1 atom stereocenters. The summed E-state index contributed by atoms with van der Waals surface area (Å²) in [5.41, 5.74) is -0.233. The lowest BCUT2D eigenvalue weighted by Crippen LogP contribution is -2.27. The van der Waals surface area contributed by atoms with Gasteiger partial charge < -0.3 is 5.11 Å². The van der Waals surface area contributed by atoms with Crippen molar-refractivity contribution in [3.8, 4) is 6.07 Å². The lowest BCUT2D eigenvalue weighted by Gasteiger charge is -2.30. The molecular formula is C15H18FNO. The van der Waals surface area contributed by atoms with Crippen LogP contribution in [0.25, 0.3) is 0 Å². The lowest BCUT2D eigenvalue weighted by molar-refractivity contribution is 0.0514. The summed E-state index contributed by atoms with van der Waals surface area (Å²) in [6.07, 6.45) is 4.64. The quantitative estimate of drug-likeness (QED) is 0.809. The molecule has 0 spiro atoms. The summed E-state index contributed by atoms with van der Waals surface area (Å²) in [4.78, 5) is 0. The van der Waals surface area contributed by atoms with E-state index in [-0.39, 0.29) is 5.82 Å². The van der Waals surface area contributed by atoms with E-state index in [0.29, 0.717) is 18.4 Å². The summed E-state index contributed by atoms with van der Waals surface area (Å²) in [5, 5.41) is 19.9. The predicted molar refractivity (Wildman–Crippen MR) is 67.1 cm³/mol. The fraction of sp³-hybridized carbons (Fsp3) is 0.533. The molecule has 2 nitrogen and oxygen atoms in total. The van der Waals surface area contributed by atoms with E-state index in [2.05, 4.69) is 6.07 Å². The minimum Gasteiger partial charge on any atom is -0.387 e. The van der Waals surface area contributed by atoms with Crippen molar-refractivity contribution in [2.75, 3.05) is 0 Å². The molecule has 0 saturated heterocycles. The largest absolute Gasteiger partial charge is 0.387 e. The minimum atomic E-state index is -0.892. The first-order valence-electron chi connectivity index (χ1n) is 6.53. The van der Waals surface area contributed by atoms with E-state index >= 15 is 0 Å². The molecule has 0 bridgehead atoms. The summed E-state index contributed by atoms with van der Waals surface area (Å²) >= 11 is 0. The molecule has 1 unspecified atom stereocenters. The molecule has 0 aromatic heterocycles. The summed E-state index contributed by atoms with van der Waals surface area (Å²) in [7, 11) is 0. The summed E-state index contributed by atoms with van der Waals surface area (Å²) in [6, 6.07) is 8.25. The average Bonchev–Trinajstić information content (AvgIpc) is 2.64. The van der Waals surface area contributed by atoms with E-state index < -0.39 is 11.5 Å². The number of benzene rings is 1. The maximum atomic E-state index is 13.2. The van der Waals surface area contributed by atoms with Crippen LogP contribution in [0.3, 0.4) is 0 Å². The van der Waals surface area contributed by atoms with Gasteiger partial charge in [0.05, 0.1) is 17.6 Å². The number of aliphatic hydroxyl groups excluding tert-OH is 1. The zero-order valence-corrected chi connectivity index (χ0v) is 10.4. The van der Waals surface area contributed by atoms with Crippen LogP contribution in [-0.4, -0.2) is 5.11 Å². The predicted octanol–water partition coefficient (Wildman–Crippen LogP) is 3.72. The van der Waals surface area contributed by atoms with Crippen molar-refractivity contribution in [2.24, 2.45) is 5.41 Å². The number of halogens is 1. The van der Waals surface area contributed by atoms with Crippen LogP contribution in [0.2, 0.25) is 0 Å². The Kier molecular flexibility index (Phi) is 3.98. The van der Waals surface area contributed by atoms with Crippen molar-refractivity contribution in [1.29, 1.82) is 5.26 Å². The van der Waals surface area contributed by atoms with Gasteiger partial charge in [0.25, 0.3) is 0 Å². The van der Waals surface area contributed by atoms with E-state index in [4.69, 9.17) is 0 Å². The summed E-state index contributed by atoms with van der Waals surface area (Å²) in [6.45, 7) is 0. The molecule has 0 heterocycles. The molecule has 2 rings (SSSR count). The van der Waals surface area contributed by atoms with Gasteiger partial charge in [-0.05, 0) is 30.5 Å². The molecule has 1 aliphatic rings. The third kappa shape index (κ3) is 2.54. The molecule has 0 radical (unpaired) electrons. The molecular weight excluding hydrogens is 229 g/mol. The second kappa shape index (κ2) is 5.49. The van der Waals surface area contributed by atoms with Crippen molar-refractivity contribution >= 4 is 0 Å². The van der Waals surface area contributed by atoms with Crippen LogP contribution in [0.5, 0.6) is 0 Å². The molecule has 18 heavy (non-hydrogen) atoms. The average molecular weight is 247 g/mol. The standard InChI is InChI=1S/C15H18FNO/c16-13-7-5-6-12(10-13)14(18)15(11-17)8-3-1-2-4-9-15/h5-7,10,14,18H,1-4,8-9H2. The number of hydrogen-bond donors (Lipinski definition) is 1. The highest BCUT2D eigenvalue weighted by Crippen LogP contribution is 2.44. The smallest absolute Gasteiger partial charge is 0.123 e. The lowest BCUT2D eigenvalue weighted by atomic mass is 9.74. The Labute approximate surface area is 107 Å². The van der Waals surface area contributed by atoms with Gasteiger partial charge in [0.15, 0.2) is 0 Å². The number of hydrogen-bond acceptors (Lipinski definition) is 2. The van der Waals surface area contributed by atoms with Crippen LogP contribution >= 0.6 is 0 Å². The third-order valence-corrected chi connectivity index (χ3v) is 3.91. The fourth-order valence-corrected chi connectivity index (χ4v) is 2.80. The van der Waals surface area contributed by atoms with Crippen LogP contribution < -0.4 is 0 Å². The molecule has 1 saturated carbocycles.